The molecule has 1 aliphatic heterocycles. The Labute approximate surface area is 195 Å². The van der Waals surface area contributed by atoms with E-state index < -0.39 is 0 Å². The van der Waals surface area contributed by atoms with E-state index in [-0.39, 0.29) is 35.8 Å². The van der Waals surface area contributed by atoms with Gasteiger partial charge in [-0.1, -0.05) is 0 Å². The van der Waals surface area contributed by atoms with Gasteiger partial charge < -0.3 is 25.3 Å². The zero-order valence-corrected chi connectivity index (χ0v) is 20.1. The fourth-order valence-electron chi connectivity index (χ4n) is 3.33. The molecule has 0 radical (unpaired) electrons. The van der Waals surface area contributed by atoms with Gasteiger partial charge in [-0.15, -0.1) is 24.0 Å². The highest BCUT2D eigenvalue weighted by Crippen LogP contribution is 2.18. The van der Waals surface area contributed by atoms with Crippen LogP contribution in [-0.2, 0) is 4.79 Å². The third-order valence-corrected chi connectivity index (χ3v) is 5.18. The largest absolute Gasteiger partial charge is 0.459 e. The van der Waals surface area contributed by atoms with Crippen molar-refractivity contribution >= 4 is 41.8 Å². The molecule has 1 aliphatic carbocycles. The van der Waals surface area contributed by atoms with E-state index in [1.54, 1.807) is 13.1 Å². The van der Waals surface area contributed by atoms with Crippen molar-refractivity contribution in [3.05, 3.63) is 23.7 Å². The normalized spacial score (nSPS) is 17.3. The molecule has 0 spiro atoms. The lowest BCUT2D eigenvalue weighted by molar-refractivity contribution is -0.122. The zero-order valence-electron chi connectivity index (χ0n) is 17.8. The lowest BCUT2D eigenvalue weighted by Crippen LogP contribution is -2.54. The molecule has 2 fully saturated rings. The van der Waals surface area contributed by atoms with Gasteiger partial charge in [0.2, 0.25) is 5.91 Å². The summed E-state index contributed by atoms with van der Waals surface area (Å²) in [4.78, 5) is 32.7. The highest BCUT2D eigenvalue weighted by atomic mass is 127. The van der Waals surface area contributed by atoms with Gasteiger partial charge in [0.1, 0.15) is 0 Å². The van der Waals surface area contributed by atoms with Gasteiger partial charge in [-0.05, 0) is 32.3 Å². The quantitative estimate of drug-likeness (QED) is 0.198. The van der Waals surface area contributed by atoms with E-state index in [4.69, 9.17) is 4.42 Å². The number of furan rings is 1. The van der Waals surface area contributed by atoms with Crippen LogP contribution in [0.25, 0.3) is 0 Å². The van der Waals surface area contributed by atoms with Crippen molar-refractivity contribution in [1.29, 1.82) is 0 Å². The maximum Gasteiger partial charge on any atom is 0.287 e. The summed E-state index contributed by atoms with van der Waals surface area (Å²) in [5.74, 6) is 1.19. The molecule has 1 saturated heterocycles. The van der Waals surface area contributed by atoms with Gasteiger partial charge in [-0.25, -0.2) is 0 Å². The number of guanidine groups is 1. The summed E-state index contributed by atoms with van der Waals surface area (Å²) in [6.07, 6.45) is 4.54. The number of hydrogen-bond acceptors (Lipinski definition) is 5. The first-order valence-electron chi connectivity index (χ1n) is 10.4. The predicted molar refractivity (Wildman–Crippen MR) is 126 cm³/mol. The fraction of sp³-hybridized carbons (Fsp3) is 0.650. The Morgan fingerprint density at radius 3 is 2.47 bits per heavy atom. The van der Waals surface area contributed by atoms with E-state index in [1.165, 1.54) is 6.26 Å². The minimum Gasteiger partial charge on any atom is -0.459 e. The van der Waals surface area contributed by atoms with Crippen LogP contribution in [0.3, 0.4) is 0 Å². The van der Waals surface area contributed by atoms with Crippen LogP contribution >= 0.6 is 24.0 Å². The molecule has 0 aromatic carbocycles. The Hall–Kier alpha value is -1.82. The molecule has 2 heterocycles. The second-order valence-corrected chi connectivity index (χ2v) is 7.62. The van der Waals surface area contributed by atoms with Gasteiger partial charge in [0.25, 0.3) is 5.91 Å². The summed E-state index contributed by atoms with van der Waals surface area (Å²) in [5, 5.41) is 9.26. The van der Waals surface area contributed by atoms with Crippen LogP contribution in [0.2, 0.25) is 0 Å². The number of nitrogens with one attached hydrogen (secondary N) is 3. The summed E-state index contributed by atoms with van der Waals surface area (Å²) in [7, 11) is 1.78. The first kappa shape index (κ1) is 24.4. The van der Waals surface area contributed by atoms with Crippen LogP contribution in [0.5, 0.6) is 0 Å². The number of piperazine rings is 1. The molecular formula is C20H33IN6O3. The van der Waals surface area contributed by atoms with Crippen LogP contribution in [-0.4, -0.2) is 86.5 Å². The number of hydrogen-bond donors (Lipinski definition) is 3. The van der Waals surface area contributed by atoms with E-state index in [0.29, 0.717) is 31.4 Å². The first-order chi connectivity index (χ1) is 14.1. The van der Waals surface area contributed by atoms with E-state index in [2.05, 4.69) is 30.7 Å². The molecule has 3 N–H and O–H groups in total. The van der Waals surface area contributed by atoms with Crippen molar-refractivity contribution in [1.82, 2.24) is 25.8 Å². The summed E-state index contributed by atoms with van der Waals surface area (Å²) >= 11 is 0. The molecule has 168 valence electrons. The third-order valence-electron chi connectivity index (χ3n) is 5.18. The van der Waals surface area contributed by atoms with E-state index in [9.17, 15) is 9.59 Å². The Bertz CT molecular complexity index is 726. The number of amides is 2. The Kier molecular flexibility index (Phi) is 9.89. The topological polar surface area (TPSA) is 102 Å². The van der Waals surface area contributed by atoms with Gasteiger partial charge in [0.05, 0.1) is 12.8 Å². The summed E-state index contributed by atoms with van der Waals surface area (Å²) < 4.78 is 5.19. The van der Waals surface area contributed by atoms with Crippen LogP contribution < -0.4 is 16.0 Å². The Balaban J connectivity index is 0.00000320. The van der Waals surface area contributed by atoms with Gasteiger partial charge in [-0.2, -0.15) is 0 Å². The fourth-order valence-corrected chi connectivity index (χ4v) is 3.33. The van der Waals surface area contributed by atoms with Crippen LogP contribution in [0.1, 0.15) is 35.4 Å². The van der Waals surface area contributed by atoms with E-state index >= 15 is 0 Å². The van der Waals surface area contributed by atoms with Crippen molar-refractivity contribution in [3.8, 4) is 0 Å². The minimum atomic E-state index is -0.182. The Morgan fingerprint density at radius 1 is 1.17 bits per heavy atom. The molecule has 9 nitrogen and oxygen atoms in total. The molecule has 1 saturated carbocycles. The predicted octanol–water partition coefficient (Wildman–Crippen LogP) is 0.798. The highest BCUT2D eigenvalue weighted by Gasteiger charge is 2.25. The van der Waals surface area contributed by atoms with E-state index in [0.717, 1.165) is 57.0 Å². The molecule has 0 bridgehead atoms. The molecule has 0 unspecified atom stereocenters. The number of nitrogens with zero attached hydrogens (tertiary/aromatic N) is 3. The number of aliphatic imine (C=N–C) groups is 1. The lowest BCUT2D eigenvalue weighted by Gasteiger charge is -2.36. The first-order valence-corrected chi connectivity index (χ1v) is 10.4. The number of rotatable bonds is 8. The third kappa shape index (κ3) is 7.46. The summed E-state index contributed by atoms with van der Waals surface area (Å²) in [5.41, 5.74) is 0.838. The van der Waals surface area contributed by atoms with Crippen LogP contribution in [0.15, 0.2) is 21.7 Å². The van der Waals surface area contributed by atoms with Crippen molar-refractivity contribution in [2.75, 3.05) is 52.9 Å². The van der Waals surface area contributed by atoms with Gasteiger partial charge in [0, 0.05) is 57.9 Å². The second-order valence-electron chi connectivity index (χ2n) is 7.62. The maximum atomic E-state index is 12.0. The minimum absolute atomic E-state index is 0. The van der Waals surface area contributed by atoms with Crippen molar-refractivity contribution < 1.29 is 14.0 Å². The molecule has 2 amide bonds. The number of carbonyl (C=O) groups excluding carboxylic acids is 2. The summed E-state index contributed by atoms with van der Waals surface area (Å²) in [6, 6.07) is 2.19. The monoisotopic (exact) mass is 532 g/mol. The molecule has 3 rings (SSSR count). The lowest BCUT2D eigenvalue weighted by atomic mass is 10.2. The van der Waals surface area contributed by atoms with Crippen molar-refractivity contribution in [3.63, 3.8) is 0 Å². The van der Waals surface area contributed by atoms with Gasteiger partial charge in [0.15, 0.2) is 11.7 Å². The van der Waals surface area contributed by atoms with E-state index in [1.807, 2.05) is 6.92 Å². The number of carbonyl (C=O) groups is 2. The maximum absolute atomic E-state index is 12.0. The highest BCUT2D eigenvalue weighted by molar-refractivity contribution is 14.0. The zero-order chi connectivity index (χ0) is 20.6. The molecular weight excluding hydrogens is 499 g/mol. The van der Waals surface area contributed by atoms with Gasteiger partial charge >= 0.3 is 0 Å². The molecule has 0 atom stereocenters. The molecule has 1 aromatic rings. The number of aryl methyl sites for hydroxylation is 1. The van der Waals surface area contributed by atoms with Crippen molar-refractivity contribution in [2.24, 2.45) is 4.99 Å². The molecule has 1 aromatic heterocycles. The summed E-state index contributed by atoms with van der Waals surface area (Å²) in [6.45, 7) is 6.97. The van der Waals surface area contributed by atoms with Crippen LogP contribution in [0, 0.1) is 6.92 Å². The standard InChI is InChI=1S/C20H32N6O3.HI/c1-15-6-13-29-18(15)19(28)22-7-3-8-23-20(21-2)26-11-9-25(10-12-26)14-17(27)24-16-4-5-16;/h6,13,16H,3-5,7-12,14H2,1-2H3,(H,21,23)(H,22,28)(H,24,27);1H. The SMILES string of the molecule is CN=C(NCCCNC(=O)c1occc1C)N1CCN(CC(=O)NC2CC2)CC1.I. The number of halogens is 1. The van der Waals surface area contributed by atoms with Gasteiger partial charge in [-0.3, -0.25) is 19.5 Å². The molecule has 10 heteroatoms. The molecule has 2 aliphatic rings. The smallest absolute Gasteiger partial charge is 0.287 e. The average molecular weight is 532 g/mol. The second kappa shape index (κ2) is 12.1. The molecule has 30 heavy (non-hydrogen) atoms. The average Bonchev–Trinajstić information content (AvgIpc) is 3.42. The van der Waals surface area contributed by atoms with Crippen molar-refractivity contribution in [2.45, 2.75) is 32.2 Å². The van der Waals surface area contributed by atoms with Crippen LogP contribution in [0.4, 0.5) is 0 Å². The Morgan fingerprint density at radius 2 is 1.87 bits per heavy atom.